The van der Waals surface area contributed by atoms with Gasteiger partial charge in [0.2, 0.25) is 15.9 Å². The van der Waals surface area contributed by atoms with Crippen molar-refractivity contribution in [3.63, 3.8) is 0 Å². The minimum atomic E-state index is -3.77. The number of ether oxygens (including phenoxy) is 1. The molecule has 8 nitrogen and oxygen atoms in total. The number of benzene rings is 1. The molecule has 11 heteroatoms. The summed E-state index contributed by atoms with van der Waals surface area (Å²) in [6.45, 7) is 4.30. The summed E-state index contributed by atoms with van der Waals surface area (Å²) in [5.74, 6) is -1.19. The Morgan fingerprint density at radius 2 is 1.97 bits per heavy atom. The van der Waals surface area contributed by atoms with Gasteiger partial charge in [0, 0.05) is 38.1 Å². The monoisotopic (exact) mass is 468 g/mol. The fourth-order valence-electron chi connectivity index (χ4n) is 3.76. The molecule has 2 aromatic rings. The van der Waals surface area contributed by atoms with E-state index >= 15 is 0 Å². The van der Waals surface area contributed by atoms with E-state index in [1.165, 1.54) is 27.8 Å². The van der Waals surface area contributed by atoms with E-state index in [0.29, 0.717) is 44.3 Å². The molecule has 168 valence electrons. The van der Waals surface area contributed by atoms with Crippen molar-refractivity contribution < 1.29 is 22.3 Å². The fourth-order valence-corrected chi connectivity index (χ4v) is 5.99. The fraction of sp³-hybridized carbons (Fsp3) is 0.500. The van der Waals surface area contributed by atoms with Crippen LogP contribution < -0.4 is 5.32 Å². The van der Waals surface area contributed by atoms with Gasteiger partial charge in [0.05, 0.1) is 29.7 Å². The normalized spacial score (nSPS) is 21.1. The molecule has 2 fully saturated rings. The van der Waals surface area contributed by atoms with Crippen LogP contribution in [0.5, 0.6) is 0 Å². The number of hydrogen-bond donors (Lipinski definition) is 1. The van der Waals surface area contributed by atoms with Crippen molar-refractivity contribution in [3.05, 3.63) is 41.2 Å². The first kappa shape index (κ1) is 22.3. The van der Waals surface area contributed by atoms with Gasteiger partial charge in [-0.15, -0.1) is 11.3 Å². The Morgan fingerprint density at radius 3 is 2.71 bits per heavy atom. The molecule has 31 heavy (non-hydrogen) atoms. The van der Waals surface area contributed by atoms with E-state index in [9.17, 15) is 17.6 Å². The second kappa shape index (κ2) is 9.70. The van der Waals surface area contributed by atoms with Crippen LogP contribution in [-0.2, 0) is 26.1 Å². The third-order valence-corrected chi connectivity index (χ3v) is 8.16. The number of sulfonamides is 1. The van der Waals surface area contributed by atoms with Crippen LogP contribution in [0.15, 0.2) is 34.5 Å². The third-order valence-electron chi connectivity index (χ3n) is 5.48. The Morgan fingerprint density at radius 1 is 1.23 bits per heavy atom. The van der Waals surface area contributed by atoms with Gasteiger partial charge >= 0.3 is 0 Å². The first-order chi connectivity index (χ1) is 14.9. The van der Waals surface area contributed by atoms with E-state index in [1.54, 1.807) is 0 Å². The highest BCUT2D eigenvalue weighted by Gasteiger charge is 2.33. The highest BCUT2D eigenvalue weighted by molar-refractivity contribution is 7.89. The van der Waals surface area contributed by atoms with Crippen molar-refractivity contribution in [2.75, 3.05) is 44.7 Å². The summed E-state index contributed by atoms with van der Waals surface area (Å²) in [6.07, 6.45) is 1.19. The first-order valence-electron chi connectivity index (χ1n) is 10.2. The SMILES string of the molecule is O=C(Nc1nc(CN2CCOCC2)cs1)C1CCCN(S(=O)(=O)c2ccc(F)cc2)C1. The van der Waals surface area contributed by atoms with Gasteiger partial charge in [-0.1, -0.05) is 0 Å². The number of aromatic nitrogens is 1. The number of morpholine rings is 1. The van der Waals surface area contributed by atoms with Crippen LogP contribution in [0.1, 0.15) is 18.5 Å². The molecule has 3 heterocycles. The number of halogens is 1. The van der Waals surface area contributed by atoms with E-state index in [0.717, 1.165) is 30.9 Å². The van der Waals surface area contributed by atoms with E-state index in [1.807, 2.05) is 5.38 Å². The van der Waals surface area contributed by atoms with E-state index in [4.69, 9.17) is 4.74 Å². The Kier molecular flexibility index (Phi) is 6.97. The highest BCUT2D eigenvalue weighted by Crippen LogP contribution is 2.26. The van der Waals surface area contributed by atoms with Crippen LogP contribution in [0.25, 0.3) is 0 Å². The molecule has 1 aromatic heterocycles. The Bertz CT molecular complexity index is 1010. The summed E-state index contributed by atoms with van der Waals surface area (Å²) in [5.41, 5.74) is 0.895. The molecule has 2 saturated heterocycles. The predicted molar refractivity (Wildman–Crippen MR) is 115 cm³/mol. The maximum absolute atomic E-state index is 13.2. The third kappa shape index (κ3) is 5.47. The molecule has 2 aliphatic rings. The smallest absolute Gasteiger partial charge is 0.243 e. The number of carbonyl (C=O) groups is 1. The van der Waals surface area contributed by atoms with Crippen molar-refractivity contribution in [2.24, 2.45) is 5.92 Å². The molecule has 0 aliphatic carbocycles. The summed E-state index contributed by atoms with van der Waals surface area (Å²) in [7, 11) is -3.77. The number of hydrogen-bond acceptors (Lipinski definition) is 7. The second-order valence-corrected chi connectivity index (χ2v) is 10.5. The number of rotatable bonds is 6. The average molecular weight is 469 g/mol. The molecule has 0 spiro atoms. The quantitative estimate of drug-likeness (QED) is 0.699. The van der Waals surface area contributed by atoms with Gasteiger partial charge in [-0.25, -0.2) is 17.8 Å². The zero-order valence-electron chi connectivity index (χ0n) is 17.0. The molecule has 1 amide bonds. The Hall–Kier alpha value is -1.92. The van der Waals surface area contributed by atoms with Gasteiger partial charge in [0.1, 0.15) is 5.82 Å². The number of anilines is 1. The van der Waals surface area contributed by atoms with Crippen molar-refractivity contribution in [2.45, 2.75) is 24.3 Å². The van der Waals surface area contributed by atoms with Gasteiger partial charge in [-0.2, -0.15) is 4.31 Å². The molecule has 1 aromatic carbocycles. The molecular formula is C20H25FN4O4S2. The van der Waals surface area contributed by atoms with Crippen LogP contribution in [0.4, 0.5) is 9.52 Å². The zero-order chi connectivity index (χ0) is 21.8. The van der Waals surface area contributed by atoms with E-state index < -0.39 is 21.8 Å². The van der Waals surface area contributed by atoms with Crippen molar-refractivity contribution in [3.8, 4) is 0 Å². The molecule has 1 atom stereocenters. The van der Waals surface area contributed by atoms with Crippen LogP contribution >= 0.6 is 11.3 Å². The standard InChI is InChI=1S/C20H25FN4O4S2/c21-16-3-5-18(6-4-16)31(27,28)25-7-1-2-15(12-25)19(26)23-20-22-17(14-30-20)13-24-8-10-29-11-9-24/h3-6,14-15H,1-2,7-13H2,(H,22,23,26). The van der Waals surface area contributed by atoms with Crippen molar-refractivity contribution >= 4 is 32.4 Å². The lowest BCUT2D eigenvalue weighted by Crippen LogP contribution is -2.43. The lowest BCUT2D eigenvalue weighted by molar-refractivity contribution is -0.120. The van der Waals surface area contributed by atoms with Crippen LogP contribution in [-0.4, -0.2) is 67.9 Å². The van der Waals surface area contributed by atoms with Gasteiger partial charge in [0.25, 0.3) is 0 Å². The van der Waals surface area contributed by atoms with Gasteiger partial charge < -0.3 is 10.1 Å². The van der Waals surface area contributed by atoms with Crippen LogP contribution in [0, 0.1) is 11.7 Å². The highest BCUT2D eigenvalue weighted by atomic mass is 32.2. The molecular weight excluding hydrogens is 443 g/mol. The lowest BCUT2D eigenvalue weighted by Gasteiger charge is -2.31. The number of amides is 1. The van der Waals surface area contributed by atoms with E-state index in [-0.39, 0.29) is 17.3 Å². The summed E-state index contributed by atoms with van der Waals surface area (Å²) in [4.78, 5) is 19.6. The maximum Gasteiger partial charge on any atom is 0.243 e. The maximum atomic E-state index is 13.2. The summed E-state index contributed by atoms with van der Waals surface area (Å²) in [5, 5.41) is 5.29. The molecule has 4 rings (SSSR count). The molecule has 0 saturated carbocycles. The number of piperidine rings is 1. The van der Waals surface area contributed by atoms with Gasteiger partial charge in [-0.3, -0.25) is 9.69 Å². The van der Waals surface area contributed by atoms with Gasteiger partial charge in [0.15, 0.2) is 5.13 Å². The molecule has 0 radical (unpaired) electrons. The summed E-state index contributed by atoms with van der Waals surface area (Å²) in [6, 6.07) is 4.75. The summed E-state index contributed by atoms with van der Waals surface area (Å²) < 4.78 is 45.5. The number of nitrogens with one attached hydrogen (secondary N) is 1. The number of nitrogens with zero attached hydrogens (tertiary/aromatic N) is 3. The molecule has 1 N–H and O–H groups in total. The number of thiazole rings is 1. The van der Waals surface area contributed by atoms with Crippen LogP contribution in [0.2, 0.25) is 0 Å². The lowest BCUT2D eigenvalue weighted by atomic mass is 9.99. The molecule has 0 bridgehead atoms. The second-order valence-electron chi connectivity index (χ2n) is 7.68. The Labute approximate surface area is 185 Å². The van der Waals surface area contributed by atoms with E-state index in [2.05, 4.69) is 15.2 Å². The topological polar surface area (TPSA) is 91.8 Å². The number of carbonyl (C=O) groups excluding carboxylic acids is 1. The average Bonchev–Trinajstić information content (AvgIpc) is 3.21. The summed E-state index contributed by atoms with van der Waals surface area (Å²) >= 11 is 1.37. The minimum absolute atomic E-state index is 0.0302. The minimum Gasteiger partial charge on any atom is -0.379 e. The largest absolute Gasteiger partial charge is 0.379 e. The first-order valence-corrected chi connectivity index (χ1v) is 12.5. The van der Waals surface area contributed by atoms with Crippen LogP contribution in [0.3, 0.4) is 0 Å². The van der Waals surface area contributed by atoms with Gasteiger partial charge in [-0.05, 0) is 37.1 Å². The Balaban J connectivity index is 1.36. The van der Waals surface area contributed by atoms with Crippen molar-refractivity contribution in [1.29, 1.82) is 0 Å². The zero-order valence-corrected chi connectivity index (χ0v) is 18.6. The molecule has 2 aliphatic heterocycles. The predicted octanol–water partition coefficient (Wildman–Crippen LogP) is 2.15. The van der Waals surface area contributed by atoms with Crippen molar-refractivity contribution in [1.82, 2.24) is 14.2 Å². The molecule has 1 unspecified atom stereocenters.